The largest absolute Gasteiger partial charge is 0.252 e. The van der Waals surface area contributed by atoms with Crippen LogP contribution in [0, 0.1) is 0 Å². The van der Waals surface area contributed by atoms with Gasteiger partial charge in [0.25, 0.3) is 0 Å². The van der Waals surface area contributed by atoms with Crippen molar-refractivity contribution in [3.05, 3.63) is 78.5 Å². The van der Waals surface area contributed by atoms with Gasteiger partial charge in [-0.3, -0.25) is 4.98 Å². The van der Waals surface area contributed by atoms with Crippen LogP contribution in [0.1, 0.15) is 19.0 Å². The summed E-state index contributed by atoms with van der Waals surface area (Å²) in [6.45, 7) is 2.20. The van der Waals surface area contributed by atoms with Gasteiger partial charge in [-0.15, -0.1) is 0 Å². The molecule has 21 heavy (non-hydrogen) atoms. The topological polar surface area (TPSA) is 12.9 Å². The van der Waals surface area contributed by atoms with Crippen LogP contribution >= 0.6 is 0 Å². The van der Waals surface area contributed by atoms with Crippen LogP contribution in [0.3, 0.4) is 0 Å². The van der Waals surface area contributed by atoms with Crippen molar-refractivity contribution < 1.29 is 0 Å². The molecule has 0 radical (unpaired) electrons. The first-order valence-electron chi connectivity index (χ1n) is 7.49. The van der Waals surface area contributed by atoms with Gasteiger partial charge in [-0.25, -0.2) is 0 Å². The highest BCUT2D eigenvalue weighted by Gasteiger charge is 2.08. The van der Waals surface area contributed by atoms with E-state index in [0.717, 1.165) is 18.5 Å². The van der Waals surface area contributed by atoms with Gasteiger partial charge in [-0.05, 0) is 18.1 Å². The number of aryl methyl sites for hydroxylation is 1. The molecule has 0 unspecified atom stereocenters. The Morgan fingerprint density at radius 2 is 1.33 bits per heavy atom. The van der Waals surface area contributed by atoms with Crippen molar-refractivity contribution in [1.29, 1.82) is 0 Å². The van der Waals surface area contributed by atoms with Crippen LogP contribution in [0.5, 0.6) is 0 Å². The SMILES string of the molecule is CCCc1nc(-c2ccccc2)ccc1-c1ccccc1. The molecule has 1 aromatic heterocycles. The summed E-state index contributed by atoms with van der Waals surface area (Å²) in [5, 5.41) is 0. The number of hydrogen-bond donors (Lipinski definition) is 0. The lowest BCUT2D eigenvalue weighted by molar-refractivity contribution is 0.886. The summed E-state index contributed by atoms with van der Waals surface area (Å²) in [4.78, 5) is 4.91. The zero-order valence-electron chi connectivity index (χ0n) is 12.3. The van der Waals surface area contributed by atoms with Gasteiger partial charge in [-0.1, -0.05) is 80.1 Å². The fourth-order valence-corrected chi connectivity index (χ4v) is 2.58. The van der Waals surface area contributed by atoms with E-state index in [4.69, 9.17) is 4.98 Å². The lowest BCUT2D eigenvalue weighted by atomic mass is 10.00. The second kappa shape index (κ2) is 6.36. The minimum atomic E-state index is 1.00. The van der Waals surface area contributed by atoms with Crippen molar-refractivity contribution in [2.75, 3.05) is 0 Å². The molecule has 1 nitrogen and oxygen atoms in total. The first-order valence-corrected chi connectivity index (χ1v) is 7.49. The van der Waals surface area contributed by atoms with Gasteiger partial charge >= 0.3 is 0 Å². The second-order valence-corrected chi connectivity index (χ2v) is 5.17. The van der Waals surface area contributed by atoms with Crippen molar-refractivity contribution in [2.24, 2.45) is 0 Å². The molecule has 0 amide bonds. The smallest absolute Gasteiger partial charge is 0.0705 e. The molecule has 2 aromatic carbocycles. The summed E-state index contributed by atoms with van der Waals surface area (Å²) >= 11 is 0. The fraction of sp³-hybridized carbons (Fsp3) is 0.150. The first kappa shape index (κ1) is 13.6. The Balaban J connectivity index is 2.07. The minimum Gasteiger partial charge on any atom is -0.252 e. The van der Waals surface area contributed by atoms with E-state index in [-0.39, 0.29) is 0 Å². The molecule has 0 aliphatic rings. The normalized spacial score (nSPS) is 10.5. The number of hydrogen-bond acceptors (Lipinski definition) is 1. The van der Waals surface area contributed by atoms with Crippen LogP contribution in [0.15, 0.2) is 72.8 Å². The van der Waals surface area contributed by atoms with Gasteiger partial charge in [0, 0.05) is 16.8 Å². The quantitative estimate of drug-likeness (QED) is 0.623. The molecule has 0 N–H and O–H groups in total. The summed E-state index contributed by atoms with van der Waals surface area (Å²) in [7, 11) is 0. The van der Waals surface area contributed by atoms with Gasteiger partial charge in [0.15, 0.2) is 0 Å². The standard InChI is InChI=1S/C20H19N/c1-2-9-20-18(16-10-5-3-6-11-16)14-15-19(21-20)17-12-7-4-8-13-17/h3-8,10-15H,2,9H2,1H3. The average Bonchev–Trinajstić information content (AvgIpc) is 2.57. The van der Waals surface area contributed by atoms with E-state index in [1.807, 2.05) is 6.07 Å². The Hall–Kier alpha value is -2.41. The maximum atomic E-state index is 4.91. The van der Waals surface area contributed by atoms with Gasteiger partial charge < -0.3 is 0 Å². The van der Waals surface area contributed by atoms with E-state index in [0.29, 0.717) is 0 Å². The van der Waals surface area contributed by atoms with Crippen molar-refractivity contribution in [3.8, 4) is 22.4 Å². The Labute approximate surface area is 126 Å². The maximum absolute atomic E-state index is 4.91. The van der Waals surface area contributed by atoms with Crippen LogP contribution in [0.25, 0.3) is 22.4 Å². The molecule has 3 rings (SSSR count). The van der Waals surface area contributed by atoms with E-state index < -0.39 is 0 Å². The van der Waals surface area contributed by atoms with E-state index >= 15 is 0 Å². The molecule has 0 fully saturated rings. The molecule has 0 aliphatic carbocycles. The summed E-state index contributed by atoms with van der Waals surface area (Å²) in [6, 6.07) is 25.2. The summed E-state index contributed by atoms with van der Waals surface area (Å²) in [5.41, 5.74) is 5.91. The zero-order chi connectivity index (χ0) is 14.5. The molecule has 0 saturated heterocycles. The van der Waals surface area contributed by atoms with Gasteiger partial charge in [0.05, 0.1) is 5.69 Å². The van der Waals surface area contributed by atoms with E-state index in [1.54, 1.807) is 0 Å². The van der Waals surface area contributed by atoms with E-state index in [1.165, 1.54) is 22.4 Å². The van der Waals surface area contributed by atoms with Crippen LogP contribution in [-0.2, 0) is 6.42 Å². The molecular formula is C20H19N. The number of pyridine rings is 1. The molecule has 0 aliphatic heterocycles. The third-order valence-electron chi connectivity index (χ3n) is 3.62. The maximum Gasteiger partial charge on any atom is 0.0705 e. The van der Waals surface area contributed by atoms with Gasteiger partial charge in [-0.2, -0.15) is 0 Å². The van der Waals surface area contributed by atoms with Gasteiger partial charge in [0.1, 0.15) is 0 Å². The summed E-state index contributed by atoms with van der Waals surface area (Å²) in [6.07, 6.45) is 2.11. The highest BCUT2D eigenvalue weighted by molar-refractivity contribution is 5.69. The number of rotatable bonds is 4. The van der Waals surface area contributed by atoms with Crippen molar-refractivity contribution in [1.82, 2.24) is 4.98 Å². The number of benzene rings is 2. The van der Waals surface area contributed by atoms with Crippen molar-refractivity contribution in [2.45, 2.75) is 19.8 Å². The molecule has 0 saturated carbocycles. The van der Waals surface area contributed by atoms with E-state index in [2.05, 4.69) is 73.7 Å². The molecule has 1 heterocycles. The highest BCUT2D eigenvalue weighted by Crippen LogP contribution is 2.27. The average molecular weight is 273 g/mol. The molecule has 0 spiro atoms. The molecule has 3 aromatic rings. The lowest BCUT2D eigenvalue weighted by Crippen LogP contribution is -1.96. The molecular weight excluding hydrogens is 254 g/mol. The Morgan fingerprint density at radius 3 is 1.95 bits per heavy atom. The zero-order valence-corrected chi connectivity index (χ0v) is 12.3. The summed E-state index contributed by atoms with van der Waals surface area (Å²) < 4.78 is 0. The number of aromatic nitrogens is 1. The Morgan fingerprint density at radius 1 is 0.714 bits per heavy atom. The summed E-state index contributed by atoms with van der Waals surface area (Å²) in [5.74, 6) is 0. The predicted octanol–water partition coefficient (Wildman–Crippen LogP) is 5.37. The van der Waals surface area contributed by atoms with Crippen LogP contribution < -0.4 is 0 Å². The minimum absolute atomic E-state index is 1.00. The first-order chi connectivity index (χ1) is 10.4. The fourth-order valence-electron chi connectivity index (χ4n) is 2.58. The molecule has 0 atom stereocenters. The Kier molecular flexibility index (Phi) is 4.11. The second-order valence-electron chi connectivity index (χ2n) is 5.17. The molecule has 0 bridgehead atoms. The van der Waals surface area contributed by atoms with E-state index in [9.17, 15) is 0 Å². The van der Waals surface area contributed by atoms with Crippen LogP contribution in [0.4, 0.5) is 0 Å². The third kappa shape index (κ3) is 3.03. The molecule has 1 heteroatoms. The number of nitrogens with zero attached hydrogens (tertiary/aromatic N) is 1. The van der Waals surface area contributed by atoms with Crippen molar-refractivity contribution in [3.63, 3.8) is 0 Å². The van der Waals surface area contributed by atoms with Crippen molar-refractivity contribution >= 4 is 0 Å². The van der Waals surface area contributed by atoms with Crippen LogP contribution in [0.2, 0.25) is 0 Å². The Bertz CT molecular complexity index is 702. The predicted molar refractivity (Wildman–Crippen MR) is 89.1 cm³/mol. The highest BCUT2D eigenvalue weighted by atomic mass is 14.7. The lowest BCUT2D eigenvalue weighted by Gasteiger charge is -2.11. The monoisotopic (exact) mass is 273 g/mol. The third-order valence-corrected chi connectivity index (χ3v) is 3.62. The van der Waals surface area contributed by atoms with Crippen LogP contribution in [-0.4, -0.2) is 4.98 Å². The molecule has 104 valence electrons. The van der Waals surface area contributed by atoms with Gasteiger partial charge in [0.2, 0.25) is 0 Å².